The minimum Gasteiger partial charge on any atom is -0.481 e. The van der Waals surface area contributed by atoms with Gasteiger partial charge in [0.15, 0.2) is 5.65 Å². The van der Waals surface area contributed by atoms with E-state index in [-0.39, 0.29) is 12.0 Å². The molecular formula is C12H15N3O3. The molecule has 2 aromatic rings. The third-order valence-corrected chi connectivity index (χ3v) is 3.04. The van der Waals surface area contributed by atoms with Gasteiger partial charge < -0.3 is 5.11 Å². The lowest BCUT2D eigenvalue weighted by molar-refractivity contribution is -0.136. The molecule has 0 bridgehead atoms. The normalized spacial score (nSPS) is 11.0. The summed E-state index contributed by atoms with van der Waals surface area (Å²) in [6.45, 7) is 3.83. The van der Waals surface area contributed by atoms with Crippen molar-refractivity contribution < 1.29 is 9.90 Å². The summed E-state index contributed by atoms with van der Waals surface area (Å²) in [6.07, 6.45) is 1.15. The van der Waals surface area contributed by atoms with Crippen LogP contribution in [0.25, 0.3) is 11.0 Å². The Bertz CT molecular complexity index is 654. The molecule has 2 aromatic heterocycles. The Kier molecular flexibility index (Phi) is 3.18. The second-order valence-electron chi connectivity index (χ2n) is 4.10. The van der Waals surface area contributed by atoms with Crippen LogP contribution in [0.2, 0.25) is 0 Å². The SMILES string of the molecule is CCc1nc2[nH][nH]c(=O)c2c(CC)c1CC(=O)O. The van der Waals surface area contributed by atoms with Gasteiger partial charge in [0.25, 0.3) is 5.56 Å². The summed E-state index contributed by atoms with van der Waals surface area (Å²) in [5.74, 6) is -0.910. The van der Waals surface area contributed by atoms with Gasteiger partial charge in [-0.15, -0.1) is 0 Å². The molecule has 0 saturated carbocycles. The molecule has 2 rings (SSSR count). The average molecular weight is 249 g/mol. The van der Waals surface area contributed by atoms with Gasteiger partial charge in [-0.2, -0.15) is 0 Å². The van der Waals surface area contributed by atoms with Crippen LogP contribution < -0.4 is 5.56 Å². The number of aromatic nitrogens is 3. The van der Waals surface area contributed by atoms with E-state index in [1.54, 1.807) is 0 Å². The number of pyridine rings is 1. The standard InChI is InChI=1S/C12H15N3O3/c1-3-6-7(5-9(16)17)8(4-2)13-11-10(6)12(18)15-14-11/h3-5H2,1-2H3,(H,16,17)(H2,13,14,15,18). The number of fused-ring (bicyclic) bond motifs is 1. The van der Waals surface area contributed by atoms with Gasteiger partial charge in [-0.1, -0.05) is 13.8 Å². The van der Waals surface area contributed by atoms with E-state index < -0.39 is 5.97 Å². The number of hydrogen-bond acceptors (Lipinski definition) is 3. The molecule has 0 aliphatic heterocycles. The first kappa shape index (κ1) is 12.3. The lowest BCUT2D eigenvalue weighted by atomic mass is 9.97. The highest BCUT2D eigenvalue weighted by Gasteiger charge is 2.18. The summed E-state index contributed by atoms with van der Waals surface area (Å²) in [6, 6.07) is 0. The zero-order valence-corrected chi connectivity index (χ0v) is 10.3. The maximum atomic E-state index is 11.7. The van der Waals surface area contributed by atoms with Crippen LogP contribution in [0.5, 0.6) is 0 Å². The summed E-state index contributed by atoms with van der Waals surface area (Å²) in [7, 11) is 0. The molecule has 0 unspecified atom stereocenters. The predicted molar refractivity (Wildman–Crippen MR) is 66.8 cm³/mol. The third kappa shape index (κ3) is 1.90. The number of H-pyrrole nitrogens is 2. The number of carbonyl (C=O) groups is 1. The number of aliphatic carboxylic acids is 1. The zero-order valence-electron chi connectivity index (χ0n) is 10.3. The van der Waals surface area contributed by atoms with Gasteiger partial charge in [0, 0.05) is 5.69 Å². The molecule has 0 aliphatic carbocycles. The van der Waals surface area contributed by atoms with Gasteiger partial charge in [0.2, 0.25) is 0 Å². The Morgan fingerprint density at radius 2 is 1.94 bits per heavy atom. The molecule has 0 aromatic carbocycles. The van der Waals surface area contributed by atoms with Crippen molar-refractivity contribution >= 4 is 17.0 Å². The molecule has 3 N–H and O–H groups in total. The highest BCUT2D eigenvalue weighted by atomic mass is 16.4. The van der Waals surface area contributed by atoms with Crippen molar-refractivity contribution in [3.63, 3.8) is 0 Å². The molecule has 96 valence electrons. The number of hydrogen-bond donors (Lipinski definition) is 3. The van der Waals surface area contributed by atoms with Crippen LogP contribution in [-0.2, 0) is 24.1 Å². The maximum Gasteiger partial charge on any atom is 0.307 e. The Morgan fingerprint density at radius 1 is 1.22 bits per heavy atom. The largest absolute Gasteiger partial charge is 0.481 e. The van der Waals surface area contributed by atoms with E-state index >= 15 is 0 Å². The van der Waals surface area contributed by atoms with Crippen molar-refractivity contribution in [1.82, 2.24) is 15.2 Å². The van der Waals surface area contributed by atoms with Gasteiger partial charge in [-0.3, -0.25) is 19.8 Å². The molecule has 0 spiro atoms. The second kappa shape index (κ2) is 4.64. The molecule has 0 atom stereocenters. The molecule has 18 heavy (non-hydrogen) atoms. The fourth-order valence-electron chi connectivity index (χ4n) is 2.28. The second-order valence-corrected chi connectivity index (χ2v) is 4.10. The van der Waals surface area contributed by atoms with E-state index in [4.69, 9.17) is 5.11 Å². The van der Waals surface area contributed by atoms with Crippen LogP contribution in [0.4, 0.5) is 0 Å². The maximum absolute atomic E-state index is 11.7. The van der Waals surface area contributed by atoms with Crippen molar-refractivity contribution in [3.05, 3.63) is 27.2 Å². The number of aromatic amines is 2. The topological polar surface area (TPSA) is 98.8 Å². The van der Waals surface area contributed by atoms with E-state index in [0.717, 1.165) is 11.3 Å². The van der Waals surface area contributed by atoms with Gasteiger partial charge in [-0.05, 0) is 24.0 Å². The van der Waals surface area contributed by atoms with Crippen molar-refractivity contribution in [3.8, 4) is 0 Å². The van der Waals surface area contributed by atoms with Crippen LogP contribution in [0.15, 0.2) is 4.79 Å². The van der Waals surface area contributed by atoms with Crippen LogP contribution >= 0.6 is 0 Å². The first-order chi connectivity index (χ1) is 8.58. The molecule has 0 fully saturated rings. The molecule has 0 aliphatic rings. The average Bonchev–Trinajstić information content (AvgIpc) is 2.69. The molecule has 2 heterocycles. The first-order valence-electron chi connectivity index (χ1n) is 5.91. The summed E-state index contributed by atoms with van der Waals surface area (Å²) >= 11 is 0. The van der Waals surface area contributed by atoms with Crippen LogP contribution in [0.3, 0.4) is 0 Å². The number of nitrogens with zero attached hydrogens (tertiary/aromatic N) is 1. The number of carboxylic acids is 1. The van der Waals surface area contributed by atoms with E-state index in [0.29, 0.717) is 29.4 Å². The monoisotopic (exact) mass is 249 g/mol. The van der Waals surface area contributed by atoms with Gasteiger partial charge >= 0.3 is 5.97 Å². The molecule has 0 saturated heterocycles. The Morgan fingerprint density at radius 3 is 2.50 bits per heavy atom. The number of rotatable bonds is 4. The van der Waals surface area contributed by atoms with Crippen molar-refractivity contribution in [2.75, 3.05) is 0 Å². The van der Waals surface area contributed by atoms with Gasteiger partial charge in [0.05, 0.1) is 11.8 Å². The molecular weight excluding hydrogens is 234 g/mol. The lowest BCUT2D eigenvalue weighted by Crippen LogP contribution is -2.11. The molecule has 6 heteroatoms. The first-order valence-corrected chi connectivity index (χ1v) is 5.91. The molecule has 0 radical (unpaired) electrons. The van der Waals surface area contributed by atoms with Crippen LogP contribution in [-0.4, -0.2) is 26.3 Å². The minimum absolute atomic E-state index is 0.0973. The van der Waals surface area contributed by atoms with Gasteiger partial charge in [-0.25, -0.2) is 4.98 Å². The van der Waals surface area contributed by atoms with Crippen LogP contribution in [0.1, 0.15) is 30.7 Å². The number of nitrogens with one attached hydrogen (secondary N) is 2. The van der Waals surface area contributed by atoms with E-state index in [9.17, 15) is 9.59 Å². The third-order valence-electron chi connectivity index (χ3n) is 3.04. The van der Waals surface area contributed by atoms with Gasteiger partial charge in [0.1, 0.15) is 0 Å². The lowest BCUT2D eigenvalue weighted by Gasteiger charge is -2.11. The highest BCUT2D eigenvalue weighted by molar-refractivity contribution is 5.82. The molecule has 6 nitrogen and oxygen atoms in total. The summed E-state index contributed by atoms with van der Waals surface area (Å²) in [5, 5.41) is 14.7. The fraction of sp³-hybridized carbons (Fsp3) is 0.417. The number of carboxylic acid groups (broad SMARTS) is 1. The quantitative estimate of drug-likeness (QED) is 0.752. The summed E-state index contributed by atoms with van der Waals surface area (Å²) < 4.78 is 0. The minimum atomic E-state index is -0.910. The summed E-state index contributed by atoms with van der Waals surface area (Å²) in [5.41, 5.74) is 2.44. The van der Waals surface area contributed by atoms with E-state index in [1.165, 1.54) is 0 Å². The predicted octanol–water partition coefficient (Wildman–Crippen LogP) is 1.00. The number of aryl methyl sites for hydroxylation is 2. The Hall–Kier alpha value is -2.11. The highest BCUT2D eigenvalue weighted by Crippen LogP contribution is 2.21. The smallest absolute Gasteiger partial charge is 0.307 e. The summed E-state index contributed by atoms with van der Waals surface area (Å²) in [4.78, 5) is 27.0. The van der Waals surface area contributed by atoms with Crippen LogP contribution in [0, 0.1) is 0 Å². The van der Waals surface area contributed by atoms with E-state index in [2.05, 4.69) is 15.2 Å². The van der Waals surface area contributed by atoms with Crippen molar-refractivity contribution in [2.24, 2.45) is 0 Å². The van der Waals surface area contributed by atoms with Crippen molar-refractivity contribution in [1.29, 1.82) is 0 Å². The fourth-order valence-corrected chi connectivity index (χ4v) is 2.28. The van der Waals surface area contributed by atoms with Crippen molar-refractivity contribution in [2.45, 2.75) is 33.1 Å². The van der Waals surface area contributed by atoms with E-state index in [1.807, 2.05) is 13.8 Å². The Balaban J connectivity index is 2.82. The molecule has 0 amide bonds. The Labute approximate surface area is 103 Å². The zero-order chi connectivity index (χ0) is 13.3.